The third kappa shape index (κ3) is 3.64. The molecule has 2 aliphatic rings. The van der Waals surface area contributed by atoms with Crippen LogP contribution in [-0.2, 0) is 14.3 Å². The number of thioether (sulfide) groups is 1. The van der Waals surface area contributed by atoms with Crippen LogP contribution in [0.2, 0.25) is 0 Å². The molecule has 0 bridgehead atoms. The van der Waals surface area contributed by atoms with Crippen molar-refractivity contribution in [1.82, 2.24) is 5.32 Å². The molecule has 0 atom stereocenters. The molecule has 11 nitrogen and oxygen atoms in total. The van der Waals surface area contributed by atoms with Gasteiger partial charge < -0.3 is 14.2 Å². The van der Waals surface area contributed by atoms with E-state index < -0.39 is 16.8 Å². The Kier molecular flexibility index (Phi) is 4.84. The van der Waals surface area contributed by atoms with Crippen molar-refractivity contribution in [2.24, 2.45) is 10.2 Å². The molecule has 0 spiro atoms. The van der Waals surface area contributed by atoms with Gasteiger partial charge in [0.15, 0.2) is 16.7 Å². The van der Waals surface area contributed by atoms with E-state index in [-0.39, 0.29) is 33.9 Å². The van der Waals surface area contributed by atoms with E-state index >= 15 is 0 Å². The molecular weight excluding hydrogens is 368 g/mol. The molecule has 1 fully saturated rings. The number of carbonyl (C=O) groups is 2. The number of hydrogen-bond acceptors (Lipinski definition) is 10. The van der Waals surface area contributed by atoms with Gasteiger partial charge in [0.05, 0.1) is 34.8 Å². The summed E-state index contributed by atoms with van der Waals surface area (Å²) in [6.45, 7) is -0.0205. The average molecular weight is 378 g/mol. The van der Waals surface area contributed by atoms with Crippen molar-refractivity contribution in [3.63, 3.8) is 0 Å². The highest BCUT2D eigenvalue weighted by Gasteiger charge is 2.25. The van der Waals surface area contributed by atoms with Gasteiger partial charge in [-0.25, -0.2) is 4.79 Å². The Labute approximate surface area is 149 Å². The van der Waals surface area contributed by atoms with Gasteiger partial charge in [-0.3, -0.25) is 20.2 Å². The van der Waals surface area contributed by atoms with Crippen molar-refractivity contribution in [3.8, 4) is 11.5 Å². The number of benzene rings is 1. The molecule has 1 amide bonds. The van der Waals surface area contributed by atoms with E-state index in [1.54, 1.807) is 0 Å². The number of fused-ring (bicyclic) bond motifs is 1. The number of amides is 1. The SMILES string of the molecule is COC(=O)/C=C1/S/C(=N\N=Cc2cc3c(cc2[N+](=O)[O-])OCO3)NC1=O. The van der Waals surface area contributed by atoms with Crippen LogP contribution in [0.4, 0.5) is 5.69 Å². The molecule has 1 aromatic rings. The lowest BCUT2D eigenvalue weighted by Crippen LogP contribution is -2.19. The van der Waals surface area contributed by atoms with Gasteiger partial charge in [-0.1, -0.05) is 0 Å². The minimum Gasteiger partial charge on any atom is -0.466 e. The molecule has 26 heavy (non-hydrogen) atoms. The molecule has 2 aliphatic heterocycles. The number of carbonyl (C=O) groups excluding carboxylic acids is 2. The van der Waals surface area contributed by atoms with E-state index in [0.29, 0.717) is 5.75 Å². The Balaban J connectivity index is 1.80. The first kappa shape index (κ1) is 17.4. The summed E-state index contributed by atoms with van der Waals surface area (Å²) in [7, 11) is 1.19. The fourth-order valence-corrected chi connectivity index (χ4v) is 2.73. The van der Waals surface area contributed by atoms with Gasteiger partial charge in [0, 0.05) is 6.08 Å². The second-order valence-electron chi connectivity index (χ2n) is 4.76. The lowest BCUT2D eigenvalue weighted by Gasteiger charge is -1.99. The van der Waals surface area contributed by atoms with E-state index in [4.69, 9.17) is 9.47 Å². The maximum Gasteiger partial charge on any atom is 0.331 e. The van der Waals surface area contributed by atoms with Crippen LogP contribution < -0.4 is 14.8 Å². The van der Waals surface area contributed by atoms with Gasteiger partial charge in [0.25, 0.3) is 11.6 Å². The summed E-state index contributed by atoms with van der Waals surface area (Å²) in [5.41, 5.74) is -0.0733. The molecule has 0 unspecified atom stereocenters. The van der Waals surface area contributed by atoms with Crippen LogP contribution >= 0.6 is 11.8 Å². The normalized spacial score (nSPS) is 18.6. The molecule has 1 saturated heterocycles. The molecule has 0 saturated carbocycles. The molecule has 12 heteroatoms. The standard InChI is InChI=1S/C14H10N4O7S/c1-23-12(19)4-11-13(20)16-14(26-11)17-15-5-7-2-9-10(25-6-24-9)3-8(7)18(21)22/h2-5H,6H2,1H3,(H,16,17,20)/b11-4+,15-5?. The Morgan fingerprint density at radius 2 is 2.15 bits per heavy atom. The zero-order chi connectivity index (χ0) is 18.7. The number of nitrogens with one attached hydrogen (secondary N) is 1. The van der Waals surface area contributed by atoms with Gasteiger partial charge >= 0.3 is 5.97 Å². The van der Waals surface area contributed by atoms with Crippen LogP contribution in [0.15, 0.2) is 33.3 Å². The monoisotopic (exact) mass is 378 g/mol. The number of hydrogen-bond donors (Lipinski definition) is 1. The van der Waals surface area contributed by atoms with Crippen molar-refractivity contribution >= 4 is 40.7 Å². The molecule has 0 radical (unpaired) electrons. The molecule has 3 rings (SSSR count). The quantitative estimate of drug-likeness (QED) is 0.268. The van der Waals surface area contributed by atoms with Gasteiger partial charge in [0.1, 0.15) is 0 Å². The number of esters is 1. The molecule has 0 aromatic heterocycles. The lowest BCUT2D eigenvalue weighted by atomic mass is 10.1. The largest absolute Gasteiger partial charge is 0.466 e. The zero-order valence-corrected chi connectivity index (χ0v) is 13.9. The highest BCUT2D eigenvalue weighted by molar-refractivity contribution is 8.18. The second kappa shape index (κ2) is 7.23. The van der Waals surface area contributed by atoms with Crippen molar-refractivity contribution < 1.29 is 28.7 Å². The van der Waals surface area contributed by atoms with E-state index in [1.165, 1.54) is 19.2 Å². The summed E-state index contributed by atoms with van der Waals surface area (Å²) >= 11 is 0.886. The summed E-state index contributed by atoms with van der Waals surface area (Å²) in [6.07, 6.45) is 2.18. The van der Waals surface area contributed by atoms with E-state index in [1.807, 2.05) is 0 Å². The predicted molar refractivity (Wildman–Crippen MR) is 90.1 cm³/mol. The van der Waals surface area contributed by atoms with Crippen molar-refractivity contribution in [2.75, 3.05) is 13.9 Å². The van der Waals surface area contributed by atoms with Crippen LogP contribution in [-0.4, -0.2) is 42.1 Å². The first-order chi connectivity index (χ1) is 12.5. The molecule has 1 aromatic carbocycles. The molecule has 134 valence electrons. The minimum absolute atomic E-state index is 0.0205. The first-order valence-corrected chi connectivity index (χ1v) is 7.77. The summed E-state index contributed by atoms with van der Waals surface area (Å²) < 4.78 is 14.7. The fraction of sp³-hybridized carbons (Fsp3) is 0.143. The topological polar surface area (TPSA) is 142 Å². The van der Waals surface area contributed by atoms with Crippen LogP contribution in [0, 0.1) is 10.1 Å². The van der Waals surface area contributed by atoms with Crippen LogP contribution in [0.3, 0.4) is 0 Å². The van der Waals surface area contributed by atoms with E-state index in [0.717, 1.165) is 24.1 Å². The van der Waals surface area contributed by atoms with Crippen LogP contribution in [0.25, 0.3) is 0 Å². The highest BCUT2D eigenvalue weighted by Crippen LogP contribution is 2.37. The van der Waals surface area contributed by atoms with Crippen molar-refractivity contribution in [3.05, 3.63) is 38.8 Å². The maximum atomic E-state index is 11.7. The number of nitro groups is 1. The number of rotatable bonds is 4. The molecular formula is C14H10N4O7S. The van der Waals surface area contributed by atoms with Crippen LogP contribution in [0.1, 0.15) is 5.56 Å². The summed E-state index contributed by atoms with van der Waals surface area (Å²) in [5.74, 6) is -0.570. The third-order valence-corrected chi connectivity index (χ3v) is 4.07. The average Bonchev–Trinajstić information content (AvgIpc) is 3.20. The summed E-state index contributed by atoms with van der Waals surface area (Å²) in [5, 5.41) is 21.2. The molecule has 0 aliphatic carbocycles. The second-order valence-corrected chi connectivity index (χ2v) is 5.79. The lowest BCUT2D eigenvalue weighted by molar-refractivity contribution is -0.385. The van der Waals surface area contributed by atoms with Gasteiger partial charge in [-0.05, 0) is 17.8 Å². The van der Waals surface area contributed by atoms with Crippen molar-refractivity contribution in [2.45, 2.75) is 0 Å². The highest BCUT2D eigenvalue weighted by atomic mass is 32.2. The smallest absolute Gasteiger partial charge is 0.331 e. The first-order valence-electron chi connectivity index (χ1n) is 6.96. The Bertz CT molecular complexity index is 894. The van der Waals surface area contributed by atoms with E-state index in [9.17, 15) is 19.7 Å². The molecule has 2 heterocycles. The molecule has 1 N–H and O–H groups in total. The van der Waals surface area contributed by atoms with Crippen LogP contribution in [0.5, 0.6) is 11.5 Å². The Morgan fingerprint density at radius 1 is 1.42 bits per heavy atom. The summed E-state index contributed by atoms with van der Waals surface area (Å²) in [6, 6.07) is 2.65. The van der Waals surface area contributed by atoms with Gasteiger partial charge in [-0.2, -0.15) is 5.10 Å². The summed E-state index contributed by atoms with van der Waals surface area (Å²) in [4.78, 5) is 33.5. The number of nitrogens with zero attached hydrogens (tertiary/aromatic N) is 3. The number of ether oxygens (including phenoxy) is 3. The third-order valence-electron chi connectivity index (χ3n) is 3.16. The maximum absolute atomic E-state index is 11.7. The zero-order valence-electron chi connectivity index (χ0n) is 13.1. The van der Waals surface area contributed by atoms with Crippen molar-refractivity contribution in [1.29, 1.82) is 0 Å². The number of amidine groups is 1. The Morgan fingerprint density at radius 3 is 2.85 bits per heavy atom. The fourth-order valence-electron chi connectivity index (χ4n) is 1.99. The number of methoxy groups -OCH3 is 1. The predicted octanol–water partition coefficient (Wildman–Crippen LogP) is 0.933. The van der Waals surface area contributed by atoms with E-state index in [2.05, 4.69) is 20.3 Å². The van der Waals surface area contributed by atoms with Gasteiger partial charge in [-0.15, -0.1) is 5.10 Å². The van der Waals surface area contributed by atoms with Gasteiger partial charge in [0.2, 0.25) is 6.79 Å². The number of nitro benzene ring substituents is 1. The Hall–Kier alpha value is -3.41. The minimum atomic E-state index is -0.677.